The van der Waals surface area contributed by atoms with Crippen molar-refractivity contribution in [1.82, 2.24) is 0 Å². The summed E-state index contributed by atoms with van der Waals surface area (Å²) in [7, 11) is -4.27. The molecule has 49 heavy (non-hydrogen) atoms. The Balaban J connectivity index is 1.48. The quantitative estimate of drug-likeness (QED) is 0.0584. The molecule has 5 heteroatoms. The number of rotatable bonds is 34. The predicted molar refractivity (Wildman–Crippen MR) is 212 cm³/mol. The van der Waals surface area contributed by atoms with Crippen molar-refractivity contribution in [3.63, 3.8) is 0 Å². The molecule has 2 rings (SSSR count). The Morgan fingerprint density at radius 2 is 0.612 bits per heavy atom. The average molecular weight is 699 g/mol. The number of hydrogen-bond donors (Lipinski definition) is 1. The standard InChI is InChI=1S/C44H75O4P/c1-3-5-7-9-11-13-15-17-19-21-23-25-27-29-31-41-33-37-43(38-34-41)47-49(45,46)48-44-39-35-42(36-40-44)32-30-28-26-24-22-20-18-16-14-12-10-8-6-4-2/h33-40H,3-32H2,1-2H3,(H,45,46). The number of phosphoric acid groups is 1. The molecule has 0 aliphatic heterocycles. The number of phosphoric ester groups is 1. The zero-order valence-electron chi connectivity index (χ0n) is 32.0. The van der Waals surface area contributed by atoms with E-state index in [4.69, 9.17) is 9.05 Å². The highest BCUT2D eigenvalue weighted by molar-refractivity contribution is 7.48. The van der Waals surface area contributed by atoms with Gasteiger partial charge < -0.3 is 9.05 Å². The number of unbranched alkanes of at least 4 members (excludes halogenated alkanes) is 26. The highest BCUT2D eigenvalue weighted by Crippen LogP contribution is 2.44. The van der Waals surface area contributed by atoms with Gasteiger partial charge in [0.2, 0.25) is 0 Å². The van der Waals surface area contributed by atoms with E-state index in [0.29, 0.717) is 11.5 Å². The molecule has 280 valence electrons. The van der Waals surface area contributed by atoms with Crippen molar-refractivity contribution in [1.29, 1.82) is 0 Å². The van der Waals surface area contributed by atoms with Crippen molar-refractivity contribution in [2.24, 2.45) is 0 Å². The van der Waals surface area contributed by atoms with E-state index < -0.39 is 7.82 Å². The van der Waals surface area contributed by atoms with E-state index in [-0.39, 0.29) is 0 Å². The van der Waals surface area contributed by atoms with Crippen molar-refractivity contribution >= 4 is 7.82 Å². The molecule has 1 N–H and O–H groups in total. The molecule has 0 atom stereocenters. The molecule has 0 aliphatic rings. The lowest BCUT2D eigenvalue weighted by molar-refractivity contribution is 0.291. The van der Waals surface area contributed by atoms with Crippen LogP contribution in [-0.4, -0.2) is 4.89 Å². The highest BCUT2D eigenvalue weighted by atomic mass is 31.2. The highest BCUT2D eigenvalue weighted by Gasteiger charge is 2.25. The van der Waals surface area contributed by atoms with Crippen LogP contribution >= 0.6 is 7.82 Å². The fourth-order valence-electron chi connectivity index (χ4n) is 6.77. The molecule has 0 fully saturated rings. The van der Waals surface area contributed by atoms with E-state index in [9.17, 15) is 9.46 Å². The topological polar surface area (TPSA) is 55.8 Å². The first-order valence-corrected chi connectivity index (χ1v) is 22.4. The van der Waals surface area contributed by atoms with Crippen LogP contribution in [0.25, 0.3) is 0 Å². The van der Waals surface area contributed by atoms with E-state index in [2.05, 4.69) is 13.8 Å². The van der Waals surface area contributed by atoms with E-state index in [1.165, 1.54) is 191 Å². The van der Waals surface area contributed by atoms with Gasteiger partial charge in [0.05, 0.1) is 0 Å². The molecule has 0 aliphatic carbocycles. The van der Waals surface area contributed by atoms with Crippen LogP contribution in [0.5, 0.6) is 11.5 Å². The monoisotopic (exact) mass is 699 g/mol. The summed E-state index contributed by atoms with van der Waals surface area (Å²) >= 11 is 0. The van der Waals surface area contributed by atoms with E-state index in [1.54, 1.807) is 24.3 Å². The maximum atomic E-state index is 12.7. The minimum atomic E-state index is -4.27. The minimum Gasteiger partial charge on any atom is -0.395 e. The molecule has 0 saturated carbocycles. The lowest BCUT2D eigenvalue weighted by Gasteiger charge is -2.14. The summed E-state index contributed by atoms with van der Waals surface area (Å²) in [6, 6.07) is 15.0. The molecule has 4 nitrogen and oxygen atoms in total. The summed E-state index contributed by atoms with van der Waals surface area (Å²) in [6.07, 6.45) is 40.2. The Bertz CT molecular complexity index is 970. The second-order valence-electron chi connectivity index (χ2n) is 14.6. The molecule has 0 saturated heterocycles. The first kappa shape index (κ1) is 43.4. The van der Waals surface area contributed by atoms with Gasteiger partial charge in [-0.2, -0.15) is 0 Å². The average Bonchev–Trinajstić information content (AvgIpc) is 3.09. The molecule has 0 radical (unpaired) electrons. The summed E-state index contributed by atoms with van der Waals surface area (Å²) < 4.78 is 23.4. The van der Waals surface area contributed by atoms with Gasteiger partial charge in [-0.3, -0.25) is 4.89 Å². The number of hydrogen-bond acceptors (Lipinski definition) is 3. The SMILES string of the molecule is CCCCCCCCCCCCCCCCc1ccc(OP(=O)(O)Oc2ccc(CCCCCCCCCCCCCCCC)cc2)cc1. The van der Waals surface area contributed by atoms with Gasteiger partial charge in [-0.15, -0.1) is 0 Å². The molecule has 0 spiro atoms. The van der Waals surface area contributed by atoms with Gasteiger partial charge in [0.1, 0.15) is 11.5 Å². The Hall–Kier alpha value is -1.77. The first-order chi connectivity index (χ1) is 24.0. The van der Waals surface area contributed by atoms with E-state index in [0.717, 1.165) is 12.8 Å². The third-order valence-corrected chi connectivity index (χ3v) is 10.8. The Kier molecular flexibility index (Phi) is 26.5. The Morgan fingerprint density at radius 1 is 0.388 bits per heavy atom. The van der Waals surface area contributed by atoms with Crippen LogP contribution in [0.4, 0.5) is 0 Å². The van der Waals surface area contributed by atoms with Crippen molar-refractivity contribution in [3.05, 3.63) is 59.7 Å². The lowest BCUT2D eigenvalue weighted by atomic mass is 10.0. The van der Waals surface area contributed by atoms with Gasteiger partial charge in [-0.25, -0.2) is 4.57 Å². The van der Waals surface area contributed by atoms with Gasteiger partial charge in [0, 0.05) is 0 Å². The largest absolute Gasteiger partial charge is 0.584 e. The summed E-state index contributed by atoms with van der Waals surface area (Å²) in [6.45, 7) is 4.56. The normalized spacial score (nSPS) is 11.7. The Morgan fingerprint density at radius 3 is 0.857 bits per heavy atom. The second kappa shape index (κ2) is 29.9. The minimum absolute atomic E-state index is 0.352. The van der Waals surface area contributed by atoms with E-state index in [1.807, 2.05) is 24.3 Å². The van der Waals surface area contributed by atoms with Crippen molar-refractivity contribution < 1.29 is 18.5 Å². The molecule has 0 heterocycles. The van der Waals surface area contributed by atoms with Crippen LogP contribution < -0.4 is 9.05 Å². The lowest BCUT2D eigenvalue weighted by Crippen LogP contribution is -2.00. The molecule has 0 unspecified atom stereocenters. The van der Waals surface area contributed by atoms with Crippen LogP contribution in [0.3, 0.4) is 0 Å². The maximum Gasteiger partial charge on any atom is 0.584 e. The molecule has 0 aromatic heterocycles. The van der Waals surface area contributed by atoms with E-state index >= 15 is 0 Å². The molecule has 0 amide bonds. The summed E-state index contributed by atoms with van der Waals surface area (Å²) in [5.41, 5.74) is 2.46. The Labute approximate surface area is 303 Å². The molecule has 2 aromatic rings. The van der Waals surface area contributed by atoms with Gasteiger partial charge in [-0.05, 0) is 61.1 Å². The van der Waals surface area contributed by atoms with Crippen LogP contribution in [0.1, 0.15) is 205 Å². The van der Waals surface area contributed by atoms with Gasteiger partial charge in [0.15, 0.2) is 0 Å². The molecule has 2 aromatic carbocycles. The van der Waals surface area contributed by atoms with Crippen molar-refractivity contribution in [2.45, 2.75) is 206 Å². The fourth-order valence-corrected chi connectivity index (χ4v) is 7.58. The second-order valence-corrected chi connectivity index (χ2v) is 15.9. The summed E-state index contributed by atoms with van der Waals surface area (Å²) in [5, 5.41) is 0. The summed E-state index contributed by atoms with van der Waals surface area (Å²) in [5.74, 6) is 0.704. The number of aryl methyl sites for hydroxylation is 2. The third-order valence-electron chi connectivity index (χ3n) is 9.93. The zero-order valence-corrected chi connectivity index (χ0v) is 32.8. The first-order valence-electron chi connectivity index (χ1n) is 20.9. The van der Waals surface area contributed by atoms with Crippen molar-refractivity contribution in [3.8, 4) is 11.5 Å². The van der Waals surface area contributed by atoms with Gasteiger partial charge in [0.25, 0.3) is 0 Å². The maximum absolute atomic E-state index is 12.7. The smallest absolute Gasteiger partial charge is 0.395 e. The van der Waals surface area contributed by atoms with Crippen LogP contribution in [-0.2, 0) is 17.4 Å². The molecular weight excluding hydrogens is 623 g/mol. The van der Waals surface area contributed by atoms with Gasteiger partial charge in [-0.1, -0.05) is 205 Å². The van der Waals surface area contributed by atoms with Crippen LogP contribution in [0.15, 0.2) is 48.5 Å². The third kappa shape index (κ3) is 24.9. The van der Waals surface area contributed by atoms with Crippen LogP contribution in [0, 0.1) is 0 Å². The number of benzene rings is 2. The van der Waals surface area contributed by atoms with Gasteiger partial charge >= 0.3 is 7.82 Å². The van der Waals surface area contributed by atoms with Crippen molar-refractivity contribution in [2.75, 3.05) is 0 Å². The summed E-state index contributed by atoms with van der Waals surface area (Å²) in [4.78, 5) is 10.4. The predicted octanol–water partition coefficient (Wildman–Crippen LogP) is 15.3. The van der Waals surface area contributed by atoms with Crippen LogP contribution in [0.2, 0.25) is 0 Å². The molecule has 0 bridgehead atoms. The zero-order chi connectivity index (χ0) is 35.1. The fraction of sp³-hybridized carbons (Fsp3) is 0.727. The molecular formula is C44H75O4P.